The smallest absolute Gasteiger partial charge is 0.306 e. The van der Waals surface area contributed by atoms with Crippen molar-refractivity contribution in [2.45, 2.75) is 245 Å². The van der Waals surface area contributed by atoms with Gasteiger partial charge in [0.2, 0.25) is 0 Å². The molecule has 380 valence electrons. The zero-order valence-electron chi connectivity index (χ0n) is 43.4. The van der Waals surface area contributed by atoms with Gasteiger partial charge in [-0.25, -0.2) is 0 Å². The van der Waals surface area contributed by atoms with E-state index in [1.165, 1.54) is 103 Å². The van der Waals surface area contributed by atoms with Crippen molar-refractivity contribution in [3.8, 4) is 0 Å². The van der Waals surface area contributed by atoms with E-state index in [1.54, 1.807) is 0 Å². The van der Waals surface area contributed by atoms with Crippen LogP contribution in [0.1, 0.15) is 239 Å². The first kappa shape index (κ1) is 63.1. The molecule has 0 aromatic carbocycles. The normalized spacial score (nSPS) is 12.9. The Labute approximate surface area is 412 Å². The number of allylic oxidation sites excluding steroid dienone is 18. The molecule has 0 rings (SSSR count). The fourth-order valence-corrected chi connectivity index (χ4v) is 7.23. The lowest BCUT2D eigenvalue weighted by atomic mass is 10.1. The molecule has 0 bridgehead atoms. The summed E-state index contributed by atoms with van der Waals surface area (Å²) >= 11 is 0. The van der Waals surface area contributed by atoms with E-state index in [4.69, 9.17) is 14.2 Å². The van der Waals surface area contributed by atoms with Gasteiger partial charge >= 0.3 is 17.9 Å². The third kappa shape index (κ3) is 52.9. The van der Waals surface area contributed by atoms with Gasteiger partial charge in [-0.15, -0.1) is 0 Å². The van der Waals surface area contributed by atoms with Gasteiger partial charge < -0.3 is 14.2 Å². The van der Waals surface area contributed by atoms with E-state index in [2.05, 4.69) is 81.5 Å². The van der Waals surface area contributed by atoms with Crippen LogP contribution in [0.15, 0.2) is 109 Å². The van der Waals surface area contributed by atoms with Gasteiger partial charge in [0.1, 0.15) is 13.2 Å². The van der Waals surface area contributed by atoms with Crippen LogP contribution in [0.25, 0.3) is 0 Å². The number of hydrogen-bond donors (Lipinski definition) is 0. The molecule has 6 heteroatoms. The van der Waals surface area contributed by atoms with Crippen molar-refractivity contribution in [3.63, 3.8) is 0 Å². The number of unbranched alkanes of at least 4 members (excludes halogenated alkanes) is 23. The molecule has 0 heterocycles. The molecule has 0 aromatic heterocycles. The molecule has 0 spiro atoms. The van der Waals surface area contributed by atoms with E-state index in [1.807, 2.05) is 48.6 Å². The first-order valence-corrected chi connectivity index (χ1v) is 27.5. The number of esters is 3. The Morgan fingerprint density at radius 3 is 1.04 bits per heavy atom. The zero-order chi connectivity index (χ0) is 48.6. The minimum Gasteiger partial charge on any atom is -0.462 e. The summed E-state index contributed by atoms with van der Waals surface area (Å²) in [5.41, 5.74) is 0. The maximum absolute atomic E-state index is 12.8. The Morgan fingerprint density at radius 1 is 0.328 bits per heavy atom. The van der Waals surface area contributed by atoms with Gasteiger partial charge in [-0.2, -0.15) is 0 Å². The third-order valence-corrected chi connectivity index (χ3v) is 11.4. The highest BCUT2D eigenvalue weighted by Gasteiger charge is 2.19. The summed E-state index contributed by atoms with van der Waals surface area (Å²) in [6.45, 7) is 6.39. The molecular weight excluding hydrogens is 829 g/mol. The molecule has 1 unspecified atom stereocenters. The molecule has 0 amide bonds. The SMILES string of the molecule is CC\C=C/C=C\C=C/C=C\C=C/CCCCCC(=O)OCC(COC(=O)CCCCCCCCC/C=C\C/C=C\CCCCC)OC(=O)CCCCCCCCC/C=C\C/C=C\CCCCC. The average Bonchev–Trinajstić information content (AvgIpc) is 3.33. The lowest BCUT2D eigenvalue weighted by Gasteiger charge is -2.18. The van der Waals surface area contributed by atoms with Crippen LogP contribution in [0.5, 0.6) is 0 Å². The molecule has 0 radical (unpaired) electrons. The van der Waals surface area contributed by atoms with E-state index >= 15 is 0 Å². The molecule has 67 heavy (non-hydrogen) atoms. The number of ether oxygens (including phenoxy) is 3. The number of carbonyl (C=O) groups excluding carboxylic acids is 3. The van der Waals surface area contributed by atoms with E-state index in [0.29, 0.717) is 19.3 Å². The highest BCUT2D eigenvalue weighted by Crippen LogP contribution is 2.14. The highest BCUT2D eigenvalue weighted by atomic mass is 16.6. The zero-order valence-corrected chi connectivity index (χ0v) is 43.4. The largest absolute Gasteiger partial charge is 0.462 e. The minimum absolute atomic E-state index is 0.101. The summed E-state index contributed by atoms with van der Waals surface area (Å²) in [7, 11) is 0. The number of hydrogen-bond acceptors (Lipinski definition) is 6. The Bertz CT molecular complexity index is 1390. The van der Waals surface area contributed by atoms with Crippen molar-refractivity contribution in [2.24, 2.45) is 0 Å². The quantitative estimate of drug-likeness (QED) is 0.0199. The summed E-state index contributed by atoms with van der Waals surface area (Å²) in [4.78, 5) is 38.1. The highest BCUT2D eigenvalue weighted by molar-refractivity contribution is 5.71. The van der Waals surface area contributed by atoms with Crippen LogP contribution in [0.2, 0.25) is 0 Å². The molecular formula is C61H100O6. The van der Waals surface area contributed by atoms with Crippen LogP contribution < -0.4 is 0 Å². The monoisotopic (exact) mass is 929 g/mol. The lowest BCUT2D eigenvalue weighted by molar-refractivity contribution is -0.167. The molecule has 6 nitrogen and oxygen atoms in total. The fourth-order valence-electron chi connectivity index (χ4n) is 7.23. The number of carbonyl (C=O) groups is 3. The van der Waals surface area contributed by atoms with Crippen LogP contribution in [0, 0.1) is 0 Å². The van der Waals surface area contributed by atoms with Crippen LogP contribution in [-0.2, 0) is 28.6 Å². The topological polar surface area (TPSA) is 78.9 Å². The first-order chi connectivity index (χ1) is 33.0. The van der Waals surface area contributed by atoms with Gasteiger partial charge in [0.25, 0.3) is 0 Å². The molecule has 0 aliphatic rings. The molecule has 0 saturated heterocycles. The fraction of sp³-hybridized carbons (Fsp3) is 0.656. The van der Waals surface area contributed by atoms with Crippen LogP contribution in [-0.4, -0.2) is 37.2 Å². The van der Waals surface area contributed by atoms with Crippen LogP contribution >= 0.6 is 0 Å². The Balaban J connectivity index is 4.49. The minimum atomic E-state index is -0.805. The van der Waals surface area contributed by atoms with Gasteiger partial charge in [-0.05, 0) is 103 Å². The van der Waals surface area contributed by atoms with E-state index in [0.717, 1.165) is 96.3 Å². The van der Waals surface area contributed by atoms with Gasteiger partial charge in [0.05, 0.1) is 0 Å². The average molecular weight is 929 g/mol. The Kier molecular flexibility index (Phi) is 51.5. The summed E-state index contributed by atoms with van der Waals surface area (Å²) < 4.78 is 16.8. The maximum atomic E-state index is 12.8. The summed E-state index contributed by atoms with van der Waals surface area (Å²) in [5.74, 6) is -0.961. The molecule has 0 N–H and O–H groups in total. The van der Waals surface area contributed by atoms with E-state index in [-0.39, 0.29) is 31.1 Å². The molecule has 0 aliphatic heterocycles. The second kappa shape index (κ2) is 54.7. The van der Waals surface area contributed by atoms with Crippen molar-refractivity contribution in [1.29, 1.82) is 0 Å². The second-order valence-corrected chi connectivity index (χ2v) is 17.9. The standard InChI is InChI=1S/C61H100O6/c1-4-7-10-13-16-19-22-25-28-30-33-36-39-42-45-48-51-54-60(63)66-57-58(56-65-59(62)53-50-47-44-41-38-35-32-27-24-21-18-15-12-9-6-3)67-61(64)55-52-49-46-43-40-37-34-31-29-26-23-20-17-14-11-8-5-2/h9,12,15-21,24-29,32,35,38,58H,4-8,10-11,13-14,22-23,30-31,33-34,36-37,39-57H2,1-3H3/b12-9-,18-15-,19-16-,20-17-,24-21-,28-25-,29-26-,32-27-,38-35-. The van der Waals surface area contributed by atoms with Crippen molar-refractivity contribution in [3.05, 3.63) is 109 Å². The summed E-state index contributed by atoms with van der Waals surface area (Å²) in [6, 6.07) is 0. The number of rotatable bonds is 48. The van der Waals surface area contributed by atoms with Gasteiger partial charge in [0.15, 0.2) is 6.10 Å². The van der Waals surface area contributed by atoms with Crippen molar-refractivity contribution in [1.82, 2.24) is 0 Å². The molecule has 0 fully saturated rings. The molecule has 0 aliphatic carbocycles. The van der Waals surface area contributed by atoms with E-state index < -0.39 is 6.10 Å². The molecule has 0 aromatic rings. The second-order valence-electron chi connectivity index (χ2n) is 17.9. The Hall–Kier alpha value is -3.93. The van der Waals surface area contributed by atoms with Crippen LogP contribution in [0.3, 0.4) is 0 Å². The van der Waals surface area contributed by atoms with Gasteiger partial charge in [-0.3, -0.25) is 14.4 Å². The maximum Gasteiger partial charge on any atom is 0.306 e. The van der Waals surface area contributed by atoms with Crippen molar-refractivity contribution in [2.75, 3.05) is 13.2 Å². The van der Waals surface area contributed by atoms with Gasteiger partial charge in [-0.1, -0.05) is 226 Å². The molecule has 1 atom stereocenters. The van der Waals surface area contributed by atoms with Crippen molar-refractivity contribution >= 4 is 17.9 Å². The molecule has 0 saturated carbocycles. The van der Waals surface area contributed by atoms with Crippen LogP contribution in [0.4, 0.5) is 0 Å². The Morgan fingerprint density at radius 2 is 0.642 bits per heavy atom. The predicted molar refractivity (Wildman–Crippen MR) is 288 cm³/mol. The lowest BCUT2D eigenvalue weighted by Crippen LogP contribution is -2.30. The summed E-state index contributed by atoms with van der Waals surface area (Å²) in [6.07, 6.45) is 73.5. The van der Waals surface area contributed by atoms with Crippen molar-refractivity contribution < 1.29 is 28.6 Å². The third-order valence-electron chi connectivity index (χ3n) is 11.4. The first-order valence-electron chi connectivity index (χ1n) is 27.5. The summed E-state index contributed by atoms with van der Waals surface area (Å²) in [5, 5.41) is 0. The predicted octanol–water partition coefficient (Wildman–Crippen LogP) is 18.3. The van der Waals surface area contributed by atoms with Gasteiger partial charge in [0, 0.05) is 19.3 Å². The van der Waals surface area contributed by atoms with E-state index in [9.17, 15) is 14.4 Å².